The third-order valence-corrected chi connectivity index (χ3v) is 4.88. The van der Waals surface area contributed by atoms with Crippen LogP contribution in [0.3, 0.4) is 0 Å². The van der Waals surface area contributed by atoms with E-state index in [0.29, 0.717) is 0 Å². The van der Waals surface area contributed by atoms with Crippen LogP contribution in [0.1, 0.15) is 33.4 Å². The highest BCUT2D eigenvalue weighted by Crippen LogP contribution is 2.14. The van der Waals surface area contributed by atoms with Gasteiger partial charge in [-0.2, -0.15) is 0 Å². The lowest BCUT2D eigenvalue weighted by molar-refractivity contribution is 1.60. The molecular formula is C30H24. The highest BCUT2D eigenvalue weighted by molar-refractivity contribution is 5.74. The first-order valence-electron chi connectivity index (χ1n) is 10.2. The first-order chi connectivity index (χ1) is 14.8. The van der Waals surface area contributed by atoms with E-state index in [4.69, 9.17) is 0 Å². The van der Waals surface area contributed by atoms with Crippen molar-refractivity contribution in [2.45, 2.75) is 0 Å². The minimum atomic E-state index is 1.19. The molecular weight excluding hydrogens is 360 g/mol. The van der Waals surface area contributed by atoms with Gasteiger partial charge < -0.3 is 0 Å². The van der Waals surface area contributed by atoms with E-state index in [0.717, 1.165) is 0 Å². The Morgan fingerprint density at radius 1 is 0.233 bits per heavy atom. The minimum absolute atomic E-state index is 1.19. The Kier molecular flexibility index (Phi) is 6.50. The lowest BCUT2D eigenvalue weighted by Gasteiger charge is -1.99. The molecule has 0 radical (unpaired) electrons. The molecule has 0 saturated carbocycles. The Hall–Kier alpha value is -3.90. The van der Waals surface area contributed by atoms with Gasteiger partial charge in [0.25, 0.3) is 0 Å². The second-order valence-electron chi connectivity index (χ2n) is 7.15. The fraction of sp³-hybridized carbons (Fsp3) is 0. The Labute approximate surface area is 179 Å². The molecule has 0 fully saturated rings. The summed E-state index contributed by atoms with van der Waals surface area (Å²) in [6, 6.07) is 37.9. The molecule has 0 aliphatic rings. The molecule has 0 spiro atoms. The maximum Gasteiger partial charge on any atom is -0.0256 e. The van der Waals surface area contributed by atoms with Crippen molar-refractivity contribution in [2.75, 3.05) is 0 Å². The Bertz CT molecular complexity index is 1030. The number of rotatable bonds is 6. The standard InChI is InChI=1S/C30H24/c1-3-7-25(8-4-1)11-13-27-15-19-29(20-16-27)23-24-30-21-17-28(18-22-30)14-12-26-9-5-2-6-10-26/h1-24H/b13-11+,14-12+,24-23+. The van der Waals surface area contributed by atoms with Gasteiger partial charge in [0.05, 0.1) is 0 Å². The van der Waals surface area contributed by atoms with Crippen molar-refractivity contribution < 1.29 is 0 Å². The first kappa shape index (κ1) is 19.4. The number of hydrogen-bond donors (Lipinski definition) is 0. The summed E-state index contributed by atoms with van der Waals surface area (Å²) in [5.74, 6) is 0. The van der Waals surface area contributed by atoms with E-state index >= 15 is 0 Å². The monoisotopic (exact) mass is 384 g/mol. The predicted octanol–water partition coefficient (Wildman–Crippen LogP) is 8.20. The summed E-state index contributed by atoms with van der Waals surface area (Å²) >= 11 is 0. The second-order valence-corrected chi connectivity index (χ2v) is 7.15. The molecule has 0 unspecified atom stereocenters. The maximum absolute atomic E-state index is 2.15. The molecule has 0 aliphatic heterocycles. The number of benzene rings is 4. The molecule has 4 aromatic rings. The molecule has 4 rings (SSSR count). The Morgan fingerprint density at radius 3 is 0.667 bits per heavy atom. The lowest BCUT2D eigenvalue weighted by atomic mass is 10.1. The summed E-state index contributed by atoms with van der Waals surface area (Å²) in [7, 11) is 0. The second kappa shape index (κ2) is 10.0. The molecule has 4 aromatic carbocycles. The van der Waals surface area contributed by atoms with Crippen LogP contribution < -0.4 is 0 Å². The van der Waals surface area contributed by atoms with E-state index in [1.54, 1.807) is 0 Å². The fourth-order valence-corrected chi connectivity index (χ4v) is 3.14. The van der Waals surface area contributed by atoms with Gasteiger partial charge in [-0.3, -0.25) is 0 Å². The first-order valence-corrected chi connectivity index (χ1v) is 10.2. The minimum Gasteiger partial charge on any atom is -0.0622 e. The van der Waals surface area contributed by atoms with Gasteiger partial charge >= 0.3 is 0 Å². The van der Waals surface area contributed by atoms with Gasteiger partial charge in [0, 0.05) is 0 Å². The summed E-state index contributed by atoms with van der Waals surface area (Å²) < 4.78 is 0. The van der Waals surface area contributed by atoms with Gasteiger partial charge in [-0.15, -0.1) is 0 Å². The third kappa shape index (κ3) is 5.80. The Morgan fingerprint density at radius 2 is 0.433 bits per heavy atom. The highest BCUT2D eigenvalue weighted by atomic mass is 14.0. The molecule has 30 heavy (non-hydrogen) atoms. The van der Waals surface area contributed by atoms with Crippen LogP contribution in [0.2, 0.25) is 0 Å². The summed E-state index contributed by atoms with van der Waals surface area (Å²) in [6.45, 7) is 0. The fourth-order valence-electron chi connectivity index (χ4n) is 3.14. The van der Waals surface area contributed by atoms with Gasteiger partial charge in [0.2, 0.25) is 0 Å². The van der Waals surface area contributed by atoms with E-state index in [9.17, 15) is 0 Å². The zero-order valence-corrected chi connectivity index (χ0v) is 16.9. The number of hydrogen-bond acceptors (Lipinski definition) is 0. The average Bonchev–Trinajstić information content (AvgIpc) is 2.83. The molecule has 0 nitrogen and oxygen atoms in total. The summed E-state index contributed by atoms with van der Waals surface area (Å²) in [5, 5.41) is 0. The highest BCUT2D eigenvalue weighted by Gasteiger charge is 1.92. The van der Waals surface area contributed by atoms with Crippen LogP contribution in [-0.2, 0) is 0 Å². The largest absolute Gasteiger partial charge is 0.0622 e. The molecule has 0 N–H and O–H groups in total. The summed E-state index contributed by atoms with van der Waals surface area (Å²) in [6.07, 6.45) is 12.9. The van der Waals surface area contributed by atoms with E-state index in [2.05, 4.69) is 134 Å². The summed E-state index contributed by atoms with van der Waals surface area (Å²) in [5.41, 5.74) is 7.21. The topological polar surface area (TPSA) is 0 Å². The van der Waals surface area contributed by atoms with Crippen molar-refractivity contribution in [2.24, 2.45) is 0 Å². The van der Waals surface area contributed by atoms with E-state index in [1.807, 2.05) is 12.1 Å². The van der Waals surface area contributed by atoms with Gasteiger partial charge in [0.15, 0.2) is 0 Å². The maximum atomic E-state index is 2.15. The van der Waals surface area contributed by atoms with E-state index < -0.39 is 0 Å². The molecule has 0 heterocycles. The van der Waals surface area contributed by atoms with Crippen molar-refractivity contribution in [3.8, 4) is 0 Å². The van der Waals surface area contributed by atoms with Crippen molar-refractivity contribution in [3.63, 3.8) is 0 Å². The SMILES string of the molecule is C(=C\c1ccc(/C=C/c2ccc(/C=C/c3ccccc3)cc2)cc1)/c1ccccc1. The molecule has 0 heteroatoms. The Balaban J connectivity index is 1.36. The van der Waals surface area contributed by atoms with E-state index in [1.165, 1.54) is 33.4 Å². The van der Waals surface area contributed by atoms with Crippen LogP contribution in [-0.4, -0.2) is 0 Å². The molecule has 0 saturated heterocycles. The average molecular weight is 385 g/mol. The van der Waals surface area contributed by atoms with E-state index in [-0.39, 0.29) is 0 Å². The van der Waals surface area contributed by atoms with Crippen LogP contribution in [0.4, 0.5) is 0 Å². The van der Waals surface area contributed by atoms with Crippen molar-refractivity contribution in [3.05, 3.63) is 143 Å². The molecule has 0 atom stereocenters. The predicted molar refractivity (Wildman–Crippen MR) is 133 cm³/mol. The van der Waals surface area contributed by atoms with Gasteiger partial charge in [0.1, 0.15) is 0 Å². The quantitative estimate of drug-likeness (QED) is 0.294. The van der Waals surface area contributed by atoms with Crippen molar-refractivity contribution in [1.29, 1.82) is 0 Å². The van der Waals surface area contributed by atoms with Crippen molar-refractivity contribution >= 4 is 36.5 Å². The molecule has 0 amide bonds. The van der Waals surface area contributed by atoms with Crippen LogP contribution in [0.5, 0.6) is 0 Å². The molecule has 0 aliphatic carbocycles. The smallest absolute Gasteiger partial charge is 0.0256 e. The summed E-state index contributed by atoms with van der Waals surface area (Å²) in [4.78, 5) is 0. The molecule has 0 bridgehead atoms. The zero-order valence-electron chi connectivity index (χ0n) is 16.9. The van der Waals surface area contributed by atoms with Crippen LogP contribution in [0.25, 0.3) is 36.5 Å². The normalized spacial score (nSPS) is 11.6. The van der Waals surface area contributed by atoms with Crippen molar-refractivity contribution in [1.82, 2.24) is 0 Å². The van der Waals surface area contributed by atoms with Gasteiger partial charge in [-0.25, -0.2) is 0 Å². The van der Waals surface area contributed by atoms with Crippen LogP contribution >= 0.6 is 0 Å². The molecule has 144 valence electrons. The van der Waals surface area contributed by atoms with Gasteiger partial charge in [-0.1, -0.05) is 146 Å². The zero-order chi connectivity index (χ0) is 20.4. The lowest BCUT2D eigenvalue weighted by Crippen LogP contribution is -1.77. The van der Waals surface area contributed by atoms with Crippen LogP contribution in [0.15, 0.2) is 109 Å². The third-order valence-electron chi connectivity index (χ3n) is 4.88. The van der Waals surface area contributed by atoms with Gasteiger partial charge in [-0.05, 0) is 33.4 Å². The molecule has 0 aromatic heterocycles. The van der Waals surface area contributed by atoms with Crippen LogP contribution in [0, 0.1) is 0 Å².